The summed E-state index contributed by atoms with van der Waals surface area (Å²) in [6.45, 7) is 3.68. The van der Waals surface area contributed by atoms with E-state index in [-0.39, 0.29) is 13.2 Å². The van der Waals surface area contributed by atoms with Crippen LogP contribution in [0, 0.1) is 5.92 Å². The van der Waals surface area contributed by atoms with E-state index in [0.29, 0.717) is 0 Å². The maximum atomic E-state index is 13.6. The number of carboxylic acid groups (broad SMARTS) is 1. The van der Waals surface area contributed by atoms with Gasteiger partial charge in [-0.3, -0.25) is 4.79 Å². The Balaban J connectivity index is 1.97. The van der Waals surface area contributed by atoms with Crippen LogP contribution in [0.4, 0.5) is 9.59 Å². The molecule has 1 saturated heterocycles. The molecule has 0 unspecified atom stereocenters. The predicted molar refractivity (Wildman–Crippen MR) is 106 cm³/mol. The summed E-state index contributed by atoms with van der Waals surface area (Å²) >= 11 is 0. The van der Waals surface area contributed by atoms with Crippen LogP contribution >= 0.6 is 0 Å². The van der Waals surface area contributed by atoms with Gasteiger partial charge in [0.1, 0.15) is 12.6 Å². The normalized spacial score (nSPS) is 17.5. The van der Waals surface area contributed by atoms with Gasteiger partial charge in [-0.1, -0.05) is 74.5 Å². The highest BCUT2D eigenvalue weighted by molar-refractivity contribution is 5.96. The number of nitrogens with zero attached hydrogens (tertiary/aromatic N) is 1. The van der Waals surface area contributed by atoms with E-state index in [1.165, 1.54) is 0 Å². The molecule has 7 heteroatoms. The molecule has 2 aromatic carbocycles. The molecule has 0 aliphatic carbocycles. The summed E-state index contributed by atoms with van der Waals surface area (Å²) in [6, 6.07) is 18.0. The summed E-state index contributed by atoms with van der Waals surface area (Å²) in [5.74, 6) is -1.28. The first-order valence-corrected chi connectivity index (χ1v) is 9.39. The van der Waals surface area contributed by atoms with Crippen LogP contribution in [0.5, 0.6) is 0 Å². The summed E-state index contributed by atoms with van der Waals surface area (Å²) in [7, 11) is 0. The van der Waals surface area contributed by atoms with Crippen molar-refractivity contribution in [3.05, 3.63) is 71.8 Å². The van der Waals surface area contributed by atoms with Gasteiger partial charge in [-0.05, 0) is 11.1 Å². The number of amides is 3. The van der Waals surface area contributed by atoms with E-state index in [9.17, 15) is 14.4 Å². The third-order valence-electron chi connectivity index (χ3n) is 5.44. The van der Waals surface area contributed by atoms with Crippen LogP contribution in [0.2, 0.25) is 0 Å². The van der Waals surface area contributed by atoms with Crippen LogP contribution in [-0.4, -0.2) is 41.3 Å². The maximum Gasteiger partial charge on any atom is 0.417 e. The van der Waals surface area contributed by atoms with E-state index in [0.717, 1.165) is 16.0 Å². The van der Waals surface area contributed by atoms with Crippen LogP contribution in [0.3, 0.4) is 0 Å². The molecule has 2 atom stereocenters. The Morgan fingerprint density at radius 1 is 1.14 bits per heavy atom. The largest absolute Gasteiger partial charge is 0.465 e. The standard InChI is InChI=1S/C22H24N2O5/c1-22(2,16-11-7-4-8-12-16)17(13-23-20(26)27)19(25)24-18(14-29-21(24)28)15-9-5-3-6-10-15/h3-12,17-18,23H,13-14H2,1-2H3,(H,26,27)/t17-,18-/m0/s1. The van der Waals surface area contributed by atoms with Gasteiger partial charge >= 0.3 is 12.2 Å². The molecule has 3 rings (SSSR count). The fourth-order valence-corrected chi connectivity index (χ4v) is 3.66. The molecule has 152 valence electrons. The van der Waals surface area contributed by atoms with Gasteiger partial charge in [-0.2, -0.15) is 0 Å². The fraction of sp³-hybridized carbons (Fsp3) is 0.318. The van der Waals surface area contributed by atoms with Crippen LogP contribution in [0.1, 0.15) is 31.0 Å². The average molecular weight is 396 g/mol. The van der Waals surface area contributed by atoms with Crippen molar-refractivity contribution < 1.29 is 24.2 Å². The molecule has 1 aliphatic rings. The number of hydrogen-bond donors (Lipinski definition) is 2. The lowest BCUT2D eigenvalue weighted by molar-refractivity contribution is -0.135. The Bertz CT molecular complexity index is 883. The molecular weight excluding hydrogens is 372 g/mol. The molecule has 0 radical (unpaired) electrons. The Kier molecular flexibility index (Phi) is 5.87. The second-order valence-electron chi connectivity index (χ2n) is 7.54. The van der Waals surface area contributed by atoms with E-state index in [1.807, 2.05) is 74.5 Å². The SMILES string of the molecule is CC(C)(c1ccccc1)[C@@H](CNC(=O)O)C(=O)N1C(=O)OC[C@H]1c1ccccc1. The van der Waals surface area contributed by atoms with Crippen LogP contribution in [-0.2, 0) is 14.9 Å². The monoisotopic (exact) mass is 396 g/mol. The molecule has 1 aliphatic heterocycles. The van der Waals surface area contributed by atoms with Crippen molar-refractivity contribution in [1.82, 2.24) is 10.2 Å². The lowest BCUT2D eigenvalue weighted by Crippen LogP contribution is -2.50. The third-order valence-corrected chi connectivity index (χ3v) is 5.44. The lowest BCUT2D eigenvalue weighted by Gasteiger charge is -2.36. The van der Waals surface area contributed by atoms with Gasteiger partial charge < -0.3 is 15.2 Å². The summed E-state index contributed by atoms with van der Waals surface area (Å²) in [6.07, 6.45) is -1.94. The summed E-state index contributed by atoms with van der Waals surface area (Å²) < 4.78 is 5.18. The summed E-state index contributed by atoms with van der Waals surface area (Å²) in [4.78, 5) is 38.3. The van der Waals surface area contributed by atoms with Gasteiger partial charge in [0, 0.05) is 12.0 Å². The van der Waals surface area contributed by atoms with E-state index in [4.69, 9.17) is 9.84 Å². The number of carbonyl (C=O) groups excluding carboxylic acids is 2. The van der Waals surface area contributed by atoms with Crippen molar-refractivity contribution in [2.75, 3.05) is 13.2 Å². The summed E-state index contributed by atoms with van der Waals surface area (Å²) in [5, 5.41) is 11.4. The number of ether oxygens (including phenoxy) is 1. The van der Waals surface area contributed by atoms with Gasteiger partial charge in [0.05, 0.1) is 5.92 Å². The maximum absolute atomic E-state index is 13.6. The number of hydrogen-bond acceptors (Lipinski definition) is 4. The first-order valence-electron chi connectivity index (χ1n) is 9.39. The van der Waals surface area contributed by atoms with Crippen molar-refractivity contribution >= 4 is 18.1 Å². The number of nitrogens with one attached hydrogen (secondary N) is 1. The van der Waals surface area contributed by atoms with Crippen molar-refractivity contribution in [1.29, 1.82) is 0 Å². The van der Waals surface area contributed by atoms with Crippen molar-refractivity contribution in [2.45, 2.75) is 25.3 Å². The molecule has 1 fully saturated rings. The van der Waals surface area contributed by atoms with Crippen LogP contribution in [0.25, 0.3) is 0 Å². The van der Waals surface area contributed by atoms with E-state index in [2.05, 4.69) is 5.32 Å². The molecular formula is C22H24N2O5. The molecule has 0 bridgehead atoms. The first-order chi connectivity index (χ1) is 13.8. The van der Waals surface area contributed by atoms with Gasteiger partial charge in [-0.25, -0.2) is 14.5 Å². The topological polar surface area (TPSA) is 95.9 Å². The minimum Gasteiger partial charge on any atom is -0.465 e. The van der Waals surface area contributed by atoms with Gasteiger partial charge in [-0.15, -0.1) is 0 Å². The summed E-state index contributed by atoms with van der Waals surface area (Å²) in [5.41, 5.74) is 0.925. The molecule has 1 heterocycles. The zero-order valence-electron chi connectivity index (χ0n) is 16.4. The number of imide groups is 1. The molecule has 2 N–H and O–H groups in total. The molecule has 0 aromatic heterocycles. The van der Waals surface area contributed by atoms with E-state index < -0.39 is 35.5 Å². The van der Waals surface area contributed by atoms with E-state index >= 15 is 0 Å². The molecule has 29 heavy (non-hydrogen) atoms. The van der Waals surface area contributed by atoms with E-state index in [1.54, 1.807) is 0 Å². The zero-order chi connectivity index (χ0) is 21.0. The minimum absolute atomic E-state index is 0.0689. The molecule has 2 aromatic rings. The number of carbonyl (C=O) groups is 3. The van der Waals surface area contributed by atoms with Crippen LogP contribution in [0.15, 0.2) is 60.7 Å². The highest BCUT2D eigenvalue weighted by Gasteiger charge is 2.46. The number of rotatable bonds is 6. The molecule has 0 saturated carbocycles. The smallest absolute Gasteiger partial charge is 0.417 e. The lowest BCUT2D eigenvalue weighted by atomic mass is 9.72. The van der Waals surface area contributed by atoms with Crippen molar-refractivity contribution in [2.24, 2.45) is 5.92 Å². The highest BCUT2D eigenvalue weighted by Crippen LogP contribution is 2.36. The quantitative estimate of drug-likeness (QED) is 0.778. The Labute approximate surface area is 169 Å². The zero-order valence-corrected chi connectivity index (χ0v) is 16.4. The Hall–Kier alpha value is -3.35. The number of benzene rings is 2. The molecule has 7 nitrogen and oxygen atoms in total. The highest BCUT2D eigenvalue weighted by atomic mass is 16.6. The van der Waals surface area contributed by atoms with Gasteiger partial charge in [0.25, 0.3) is 0 Å². The van der Waals surface area contributed by atoms with Gasteiger partial charge in [0.2, 0.25) is 5.91 Å². The second kappa shape index (κ2) is 8.34. The Morgan fingerprint density at radius 3 is 2.31 bits per heavy atom. The second-order valence-corrected chi connectivity index (χ2v) is 7.54. The first kappa shape index (κ1) is 20.4. The minimum atomic E-state index is -1.23. The third kappa shape index (κ3) is 4.23. The average Bonchev–Trinajstić information content (AvgIpc) is 3.10. The molecule has 3 amide bonds. The fourth-order valence-electron chi connectivity index (χ4n) is 3.66. The van der Waals surface area contributed by atoms with Crippen molar-refractivity contribution in [3.63, 3.8) is 0 Å². The van der Waals surface area contributed by atoms with Crippen LogP contribution < -0.4 is 5.32 Å². The Morgan fingerprint density at radius 2 is 1.72 bits per heavy atom. The predicted octanol–water partition coefficient (Wildman–Crippen LogP) is 3.57. The molecule has 0 spiro atoms. The number of cyclic esters (lactones) is 1. The van der Waals surface area contributed by atoms with Gasteiger partial charge in [0.15, 0.2) is 0 Å². The van der Waals surface area contributed by atoms with Crippen molar-refractivity contribution in [3.8, 4) is 0 Å².